The summed E-state index contributed by atoms with van der Waals surface area (Å²) in [5.41, 5.74) is -0.183. The summed E-state index contributed by atoms with van der Waals surface area (Å²) in [4.78, 5) is 27.2. The molecule has 3 aromatic rings. The van der Waals surface area contributed by atoms with Gasteiger partial charge in [0.25, 0.3) is 11.7 Å². The molecule has 1 fully saturated rings. The highest BCUT2D eigenvalue weighted by Crippen LogP contribution is 2.44. The van der Waals surface area contributed by atoms with Crippen LogP contribution < -0.4 is 19.1 Å². The number of ether oxygens (including phenoxy) is 3. The molecule has 1 N–H and O–H groups in total. The van der Waals surface area contributed by atoms with Crippen molar-refractivity contribution >= 4 is 23.1 Å². The number of ketones is 1. The van der Waals surface area contributed by atoms with Crippen molar-refractivity contribution in [3.63, 3.8) is 0 Å². The first-order chi connectivity index (χ1) is 16.6. The van der Waals surface area contributed by atoms with E-state index >= 15 is 0 Å². The molecule has 2 aromatic carbocycles. The summed E-state index contributed by atoms with van der Waals surface area (Å²) in [5.74, 6) is -1.81. The molecule has 0 bridgehead atoms. The predicted molar refractivity (Wildman–Crippen MR) is 114 cm³/mol. The van der Waals surface area contributed by atoms with Gasteiger partial charge in [-0.05, 0) is 49.4 Å². The Morgan fingerprint density at radius 2 is 1.83 bits per heavy atom. The van der Waals surface area contributed by atoms with E-state index in [2.05, 4.69) is 4.74 Å². The fourth-order valence-electron chi connectivity index (χ4n) is 4.00. The Bertz CT molecular complexity index is 1380. The molecule has 1 unspecified atom stereocenters. The minimum absolute atomic E-state index is 0.00799. The summed E-state index contributed by atoms with van der Waals surface area (Å²) in [6.45, 7) is 1.64. The maximum Gasteiger partial charge on any atom is 0.573 e. The van der Waals surface area contributed by atoms with Crippen molar-refractivity contribution in [1.82, 2.24) is 0 Å². The molecule has 2 aliphatic rings. The van der Waals surface area contributed by atoms with Crippen LogP contribution in [-0.4, -0.2) is 30.0 Å². The van der Waals surface area contributed by atoms with Crippen LogP contribution >= 0.6 is 0 Å². The lowest BCUT2D eigenvalue weighted by molar-refractivity contribution is -0.274. The van der Waals surface area contributed by atoms with Gasteiger partial charge >= 0.3 is 6.36 Å². The average Bonchev–Trinajstić information content (AvgIpc) is 3.50. The molecule has 3 heterocycles. The highest BCUT2D eigenvalue weighted by molar-refractivity contribution is 6.51. The van der Waals surface area contributed by atoms with Crippen LogP contribution in [0.3, 0.4) is 0 Å². The van der Waals surface area contributed by atoms with Crippen LogP contribution in [0.5, 0.6) is 17.2 Å². The largest absolute Gasteiger partial charge is 0.573 e. The summed E-state index contributed by atoms with van der Waals surface area (Å²) < 4.78 is 58.5. The lowest BCUT2D eigenvalue weighted by Gasteiger charge is -2.24. The molecule has 1 aromatic heterocycles. The molecule has 5 rings (SSSR count). The topological polar surface area (TPSA) is 98.4 Å². The zero-order valence-corrected chi connectivity index (χ0v) is 18.0. The molecule has 2 aliphatic heterocycles. The molecular formula is C24H16F3NO7. The van der Waals surface area contributed by atoms with Gasteiger partial charge in [-0.15, -0.1) is 13.2 Å². The van der Waals surface area contributed by atoms with Crippen LogP contribution in [0, 0.1) is 6.92 Å². The van der Waals surface area contributed by atoms with Gasteiger partial charge in [0, 0.05) is 17.3 Å². The first kappa shape index (κ1) is 22.4. The standard InChI is InChI=1S/C24H16F3NO7/c1-12-5-7-17(34-12)20-19(21(29)13-6-8-16-18(9-13)33-11-32-16)22(30)23(31)28(20)14-3-2-4-15(10-14)35-24(25,26)27/h2-10,20,29H,11H2,1H3/b21-19-. The van der Waals surface area contributed by atoms with E-state index in [4.69, 9.17) is 13.9 Å². The quantitative estimate of drug-likeness (QED) is 0.319. The third-order valence-corrected chi connectivity index (χ3v) is 5.45. The van der Waals surface area contributed by atoms with Crippen molar-refractivity contribution in [2.75, 3.05) is 11.7 Å². The van der Waals surface area contributed by atoms with E-state index in [1.807, 2.05) is 0 Å². The fraction of sp³-hybridized carbons (Fsp3) is 0.167. The number of furan rings is 1. The Labute approximate surface area is 195 Å². The minimum Gasteiger partial charge on any atom is -0.507 e. The van der Waals surface area contributed by atoms with Crippen LogP contribution in [0.15, 0.2) is 64.6 Å². The molecule has 0 spiro atoms. The van der Waals surface area contributed by atoms with Crippen molar-refractivity contribution < 1.29 is 46.5 Å². The number of aliphatic hydroxyl groups is 1. The first-order valence-electron chi connectivity index (χ1n) is 10.3. The van der Waals surface area contributed by atoms with Gasteiger partial charge in [0.15, 0.2) is 11.5 Å². The molecule has 35 heavy (non-hydrogen) atoms. The number of nitrogens with zero attached hydrogens (tertiary/aromatic N) is 1. The summed E-state index contributed by atoms with van der Waals surface area (Å²) in [5, 5.41) is 11.1. The van der Waals surface area contributed by atoms with Gasteiger partial charge in [-0.3, -0.25) is 14.5 Å². The molecule has 0 aliphatic carbocycles. The Balaban J connectivity index is 1.65. The zero-order chi connectivity index (χ0) is 24.9. The minimum atomic E-state index is -4.95. The van der Waals surface area contributed by atoms with E-state index in [9.17, 15) is 27.9 Å². The number of Topliss-reactive ketones (excluding diaryl/α,β-unsaturated/α-hetero) is 1. The zero-order valence-electron chi connectivity index (χ0n) is 18.0. The van der Waals surface area contributed by atoms with E-state index in [0.717, 1.165) is 17.0 Å². The number of carbonyl (C=O) groups excluding carboxylic acids is 2. The number of aryl methyl sites for hydroxylation is 1. The normalized spacial score (nSPS) is 18.9. The number of anilines is 1. The van der Waals surface area contributed by atoms with Gasteiger partial charge in [0.1, 0.15) is 29.1 Å². The molecule has 0 saturated carbocycles. The number of hydrogen-bond acceptors (Lipinski definition) is 7. The van der Waals surface area contributed by atoms with Crippen molar-refractivity contribution in [1.29, 1.82) is 0 Å². The SMILES string of the molecule is Cc1ccc(C2/C(=C(/O)c3ccc4c(c3)OCO4)C(=O)C(=O)N2c2cccc(OC(F)(F)F)c2)o1. The summed E-state index contributed by atoms with van der Waals surface area (Å²) in [7, 11) is 0. The van der Waals surface area contributed by atoms with Crippen LogP contribution in [0.2, 0.25) is 0 Å². The number of amides is 1. The fourth-order valence-corrected chi connectivity index (χ4v) is 4.00. The van der Waals surface area contributed by atoms with E-state index in [-0.39, 0.29) is 29.4 Å². The first-order valence-corrected chi connectivity index (χ1v) is 10.3. The molecule has 8 nitrogen and oxygen atoms in total. The van der Waals surface area contributed by atoms with Gasteiger partial charge < -0.3 is 23.7 Å². The Morgan fingerprint density at radius 3 is 2.54 bits per heavy atom. The number of carbonyl (C=O) groups is 2. The van der Waals surface area contributed by atoms with Gasteiger partial charge in [-0.1, -0.05) is 6.07 Å². The van der Waals surface area contributed by atoms with Crippen LogP contribution in [0.4, 0.5) is 18.9 Å². The predicted octanol–water partition coefficient (Wildman–Crippen LogP) is 4.84. The van der Waals surface area contributed by atoms with E-state index in [0.29, 0.717) is 17.3 Å². The van der Waals surface area contributed by atoms with Crippen LogP contribution in [-0.2, 0) is 9.59 Å². The van der Waals surface area contributed by atoms with Gasteiger partial charge in [0.05, 0.1) is 5.57 Å². The highest BCUT2D eigenvalue weighted by Gasteiger charge is 2.48. The molecule has 1 atom stereocenters. The number of halogens is 3. The third kappa shape index (κ3) is 4.05. The maximum atomic E-state index is 13.1. The summed E-state index contributed by atoms with van der Waals surface area (Å²) in [6.07, 6.45) is -4.95. The lowest BCUT2D eigenvalue weighted by Crippen LogP contribution is -2.29. The number of alkyl halides is 3. The molecule has 0 radical (unpaired) electrons. The smallest absolute Gasteiger partial charge is 0.507 e. The van der Waals surface area contributed by atoms with E-state index in [1.165, 1.54) is 36.4 Å². The number of fused-ring (bicyclic) bond motifs is 1. The number of aliphatic hydroxyl groups excluding tert-OH is 1. The maximum absolute atomic E-state index is 13.1. The van der Waals surface area contributed by atoms with Crippen LogP contribution in [0.1, 0.15) is 23.1 Å². The number of rotatable bonds is 4. The average molecular weight is 487 g/mol. The second kappa shape index (κ2) is 8.12. The monoisotopic (exact) mass is 487 g/mol. The Kier molecular flexibility index (Phi) is 5.19. The van der Waals surface area contributed by atoms with E-state index < -0.39 is 35.6 Å². The van der Waals surface area contributed by atoms with Crippen molar-refractivity contribution in [2.24, 2.45) is 0 Å². The van der Waals surface area contributed by atoms with Gasteiger partial charge in [-0.2, -0.15) is 0 Å². The van der Waals surface area contributed by atoms with Crippen LogP contribution in [0.25, 0.3) is 5.76 Å². The molecule has 1 saturated heterocycles. The van der Waals surface area contributed by atoms with Crippen molar-refractivity contribution in [3.05, 3.63) is 77.3 Å². The number of benzene rings is 2. The molecule has 1 amide bonds. The molecule has 180 valence electrons. The Hall–Kier alpha value is -4.41. The third-order valence-electron chi connectivity index (χ3n) is 5.45. The lowest BCUT2D eigenvalue weighted by atomic mass is 9.99. The van der Waals surface area contributed by atoms with Gasteiger partial charge in [-0.25, -0.2) is 0 Å². The Morgan fingerprint density at radius 1 is 1.06 bits per heavy atom. The summed E-state index contributed by atoms with van der Waals surface area (Å²) in [6, 6.07) is 11.0. The second-order valence-corrected chi connectivity index (χ2v) is 7.73. The highest BCUT2D eigenvalue weighted by atomic mass is 19.4. The van der Waals surface area contributed by atoms with Gasteiger partial charge in [0.2, 0.25) is 6.79 Å². The van der Waals surface area contributed by atoms with Crippen molar-refractivity contribution in [3.8, 4) is 17.2 Å². The van der Waals surface area contributed by atoms with Crippen molar-refractivity contribution in [2.45, 2.75) is 19.3 Å². The second-order valence-electron chi connectivity index (χ2n) is 7.73. The van der Waals surface area contributed by atoms with E-state index in [1.54, 1.807) is 13.0 Å². The molecule has 11 heteroatoms. The number of hydrogen-bond donors (Lipinski definition) is 1. The summed E-state index contributed by atoms with van der Waals surface area (Å²) >= 11 is 0. The molecular weight excluding hydrogens is 471 g/mol.